The second-order valence-electron chi connectivity index (χ2n) is 8.64. The lowest BCUT2D eigenvalue weighted by Crippen LogP contribution is -2.36. The molecule has 2 N–H and O–H groups in total. The van der Waals surface area contributed by atoms with E-state index >= 15 is 0 Å². The molecule has 0 unspecified atom stereocenters. The Balaban J connectivity index is 1.56. The van der Waals surface area contributed by atoms with Crippen LogP contribution in [0.1, 0.15) is 5.56 Å². The van der Waals surface area contributed by atoms with Gasteiger partial charge in [-0.15, -0.1) is 0 Å². The van der Waals surface area contributed by atoms with Gasteiger partial charge in [0, 0.05) is 42.1 Å². The number of nitrogens with zero attached hydrogens (tertiary/aromatic N) is 5. The molecule has 1 aliphatic heterocycles. The van der Waals surface area contributed by atoms with E-state index in [0.717, 1.165) is 24.9 Å². The van der Waals surface area contributed by atoms with Crippen LogP contribution in [0.4, 0.5) is 23.0 Å². The fraction of sp³-hybridized carbons (Fsp3) is 0.179. The van der Waals surface area contributed by atoms with Gasteiger partial charge in [-0.3, -0.25) is 14.2 Å². The summed E-state index contributed by atoms with van der Waals surface area (Å²) in [5, 5.41) is 15.9. The van der Waals surface area contributed by atoms with Crippen LogP contribution in [0.25, 0.3) is 16.7 Å². The molecule has 0 radical (unpaired) electrons. The molecule has 1 amide bonds. The van der Waals surface area contributed by atoms with Crippen molar-refractivity contribution in [3.8, 4) is 17.5 Å². The minimum absolute atomic E-state index is 0.0623. The summed E-state index contributed by atoms with van der Waals surface area (Å²) in [6.45, 7) is 6.39. The molecule has 2 aromatic heterocycles. The van der Waals surface area contributed by atoms with Gasteiger partial charge in [0.15, 0.2) is 5.65 Å². The molecule has 0 spiro atoms. The molecule has 1 aliphatic rings. The molecule has 11 nitrogen and oxygen atoms in total. The highest BCUT2D eigenvalue weighted by Crippen LogP contribution is 2.32. The molecule has 1 saturated heterocycles. The average Bonchev–Trinajstić information content (AvgIpc) is 2.97. The molecule has 0 bridgehead atoms. The van der Waals surface area contributed by atoms with Crippen LogP contribution >= 0.6 is 0 Å². The van der Waals surface area contributed by atoms with Crippen LogP contribution < -0.4 is 25.8 Å². The molecule has 39 heavy (non-hydrogen) atoms. The second-order valence-corrected chi connectivity index (χ2v) is 8.64. The minimum atomic E-state index is -0.547. The third kappa shape index (κ3) is 5.27. The van der Waals surface area contributed by atoms with Gasteiger partial charge in [0.2, 0.25) is 11.9 Å². The highest BCUT2D eigenvalue weighted by atomic mass is 16.5. The van der Waals surface area contributed by atoms with Crippen molar-refractivity contribution in [1.82, 2.24) is 14.5 Å². The van der Waals surface area contributed by atoms with Gasteiger partial charge in [-0.2, -0.15) is 10.2 Å². The smallest absolute Gasteiger partial charge is 0.274 e. The Labute approximate surface area is 223 Å². The first-order valence-electron chi connectivity index (χ1n) is 12.1. The lowest BCUT2D eigenvalue weighted by atomic mass is 10.2. The lowest BCUT2D eigenvalue weighted by Gasteiger charge is -2.29. The molecule has 1 fully saturated rings. The first-order chi connectivity index (χ1) is 19.0. The first-order valence-corrected chi connectivity index (χ1v) is 12.1. The van der Waals surface area contributed by atoms with E-state index in [-0.39, 0.29) is 17.2 Å². The lowest BCUT2D eigenvalue weighted by molar-refractivity contribution is -0.111. The molecule has 0 saturated carbocycles. The minimum Gasteiger partial charge on any atom is -0.494 e. The van der Waals surface area contributed by atoms with Crippen molar-refractivity contribution < 1.29 is 14.3 Å². The number of methoxy groups -OCH3 is 1. The highest BCUT2D eigenvalue weighted by molar-refractivity contribution is 5.99. The Morgan fingerprint density at radius 1 is 1.18 bits per heavy atom. The van der Waals surface area contributed by atoms with E-state index in [4.69, 9.17) is 9.47 Å². The van der Waals surface area contributed by atoms with Crippen molar-refractivity contribution in [3.63, 3.8) is 0 Å². The third-order valence-corrected chi connectivity index (χ3v) is 6.23. The largest absolute Gasteiger partial charge is 0.494 e. The fourth-order valence-corrected chi connectivity index (χ4v) is 4.31. The number of pyridine rings is 1. The Hall–Kier alpha value is -5.21. The van der Waals surface area contributed by atoms with E-state index < -0.39 is 11.5 Å². The summed E-state index contributed by atoms with van der Waals surface area (Å²) in [4.78, 5) is 36.3. The van der Waals surface area contributed by atoms with Crippen molar-refractivity contribution in [1.29, 1.82) is 5.26 Å². The summed E-state index contributed by atoms with van der Waals surface area (Å²) in [6.07, 6.45) is 2.69. The van der Waals surface area contributed by atoms with E-state index in [1.54, 1.807) is 37.6 Å². The maximum absolute atomic E-state index is 13.3. The van der Waals surface area contributed by atoms with E-state index in [1.165, 1.54) is 10.6 Å². The zero-order valence-corrected chi connectivity index (χ0v) is 21.2. The van der Waals surface area contributed by atoms with Gasteiger partial charge in [0.1, 0.15) is 17.4 Å². The number of benzene rings is 2. The number of anilines is 4. The summed E-state index contributed by atoms with van der Waals surface area (Å²) in [5.41, 5.74) is 2.21. The molecule has 0 aliphatic carbocycles. The standard InChI is InChI=1S/C28H25N7O4/c1-3-25(36)31-20-5-4-6-22(14-20)35-26-19(13-18(16-29)27(35)37)17-30-28(33-26)32-23-8-7-21(15-24(23)38-2)34-9-11-39-12-10-34/h3-8,13-15,17H,1,9-12H2,2H3,(H,31,36)(H,30,32,33). The topological polar surface area (TPSA) is 134 Å². The van der Waals surface area contributed by atoms with E-state index in [9.17, 15) is 14.9 Å². The number of hydrogen-bond donors (Lipinski definition) is 2. The van der Waals surface area contributed by atoms with Gasteiger partial charge in [-0.1, -0.05) is 12.6 Å². The second kappa shape index (κ2) is 11.0. The number of rotatable bonds is 7. The molecule has 0 atom stereocenters. The molecule has 196 valence electrons. The van der Waals surface area contributed by atoms with E-state index in [0.29, 0.717) is 41.4 Å². The molecule has 11 heteroatoms. The summed E-state index contributed by atoms with van der Waals surface area (Å²) >= 11 is 0. The number of carbonyl (C=O) groups excluding carboxylic acids is 1. The number of hydrogen-bond acceptors (Lipinski definition) is 9. The number of morpholine rings is 1. The van der Waals surface area contributed by atoms with Crippen LogP contribution in [0.15, 0.2) is 72.2 Å². The number of ether oxygens (including phenoxy) is 2. The van der Waals surface area contributed by atoms with Crippen LogP contribution in [0, 0.1) is 11.3 Å². The Morgan fingerprint density at radius 3 is 2.74 bits per heavy atom. The summed E-state index contributed by atoms with van der Waals surface area (Å²) in [6, 6.07) is 15.9. The van der Waals surface area contributed by atoms with Gasteiger partial charge in [-0.05, 0) is 42.5 Å². The van der Waals surface area contributed by atoms with E-state index in [2.05, 4.69) is 32.1 Å². The van der Waals surface area contributed by atoms with Gasteiger partial charge in [-0.25, -0.2) is 4.98 Å². The Morgan fingerprint density at radius 2 is 2.00 bits per heavy atom. The number of amides is 1. The van der Waals surface area contributed by atoms with Crippen molar-refractivity contribution in [3.05, 3.63) is 83.3 Å². The molecule has 2 aromatic carbocycles. The number of aromatic nitrogens is 3. The van der Waals surface area contributed by atoms with Crippen LogP contribution in [0.3, 0.4) is 0 Å². The Kier molecular flexibility index (Phi) is 7.20. The molecule has 4 aromatic rings. The van der Waals surface area contributed by atoms with Gasteiger partial charge >= 0.3 is 0 Å². The SMILES string of the molecule is C=CC(=O)Nc1cccc(-n2c(=O)c(C#N)cc3cnc(Nc4ccc(N5CCOCC5)cc4OC)nc32)c1. The summed E-state index contributed by atoms with van der Waals surface area (Å²) < 4.78 is 12.4. The number of nitrogens with one attached hydrogen (secondary N) is 2. The quantitative estimate of drug-likeness (QED) is 0.350. The maximum atomic E-state index is 13.3. The number of nitriles is 1. The van der Waals surface area contributed by atoms with Gasteiger partial charge in [0.25, 0.3) is 5.56 Å². The molecular formula is C28H25N7O4. The highest BCUT2D eigenvalue weighted by Gasteiger charge is 2.17. The summed E-state index contributed by atoms with van der Waals surface area (Å²) in [7, 11) is 1.59. The normalized spacial score (nSPS) is 13.0. The maximum Gasteiger partial charge on any atom is 0.274 e. The number of fused-ring (bicyclic) bond motifs is 1. The molecule has 3 heterocycles. The zero-order chi connectivity index (χ0) is 27.4. The Bertz CT molecular complexity index is 1670. The third-order valence-electron chi connectivity index (χ3n) is 6.23. The van der Waals surface area contributed by atoms with Crippen molar-refractivity contribution in [2.24, 2.45) is 0 Å². The van der Waals surface area contributed by atoms with E-state index in [1.807, 2.05) is 24.3 Å². The predicted octanol–water partition coefficient (Wildman–Crippen LogP) is 3.37. The van der Waals surface area contributed by atoms with Crippen molar-refractivity contribution >= 4 is 40.0 Å². The van der Waals surface area contributed by atoms with Gasteiger partial charge < -0.3 is 25.0 Å². The van der Waals surface area contributed by atoms with Crippen molar-refractivity contribution in [2.45, 2.75) is 0 Å². The molecular weight excluding hydrogens is 498 g/mol. The monoisotopic (exact) mass is 523 g/mol. The van der Waals surface area contributed by atoms with Crippen LogP contribution in [0.2, 0.25) is 0 Å². The van der Waals surface area contributed by atoms with Crippen LogP contribution in [-0.4, -0.2) is 53.9 Å². The van der Waals surface area contributed by atoms with Crippen molar-refractivity contribution in [2.75, 3.05) is 48.9 Å². The van der Waals surface area contributed by atoms with Gasteiger partial charge in [0.05, 0.1) is 31.7 Å². The van der Waals surface area contributed by atoms with Crippen LogP contribution in [-0.2, 0) is 9.53 Å². The zero-order valence-electron chi connectivity index (χ0n) is 21.2. The average molecular weight is 524 g/mol. The van der Waals surface area contributed by atoms with Crippen LogP contribution in [0.5, 0.6) is 5.75 Å². The predicted molar refractivity (Wildman–Crippen MR) is 148 cm³/mol. The fourth-order valence-electron chi connectivity index (χ4n) is 4.31. The molecule has 5 rings (SSSR count). The first kappa shape index (κ1) is 25.4. The summed E-state index contributed by atoms with van der Waals surface area (Å²) in [5.74, 6) is 0.442. The number of carbonyl (C=O) groups is 1.